The third-order valence-corrected chi connectivity index (χ3v) is 4.38. The summed E-state index contributed by atoms with van der Waals surface area (Å²) < 4.78 is 21.5. The lowest BCUT2D eigenvalue weighted by Crippen LogP contribution is -2.37. The lowest BCUT2D eigenvalue weighted by molar-refractivity contribution is -0.122. The van der Waals surface area contributed by atoms with Crippen molar-refractivity contribution in [3.8, 4) is 17.1 Å². The number of ether oxygens (including phenoxy) is 1. The van der Waals surface area contributed by atoms with Gasteiger partial charge in [0.1, 0.15) is 23.9 Å². The van der Waals surface area contributed by atoms with Gasteiger partial charge in [-0.05, 0) is 54.0 Å². The van der Waals surface area contributed by atoms with Crippen LogP contribution in [-0.2, 0) is 11.3 Å². The molecule has 0 aliphatic carbocycles. The Morgan fingerprint density at radius 2 is 2.11 bits per heavy atom. The largest absolute Gasteiger partial charge is 0.497 e. The summed E-state index contributed by atoms with van der Waals surface area (Å²) in [6, 6.07) is 5.57. The van der Waals surface area contributed by atoms with Gasteiger partial charge in [0.2, 0.25) is 5.91 Å². The molecule has 9 heteroatoms. The smallest absolute Gasteiger partial charge is 0.263 e. The van der Waals surface area contributed by atoms with E-state index in [0.29, 0.717) is 10.2 Å². The van der Waals surface area contributed by atoms with Gasteiger partial charge in [0.15, 0.2) is 5.65 Å². The second kappa shape index (κ2) is 8.05. The average Bonchev–Trinajstić information content (AvgIpc) is 2.64. The van der Waals surface area contributed by atoms with E-state index in [-0.39, 0.29) is 40.9 Å². The van der Waals surface area contributed by atoms with Gasteiger partial charge in [-0.2, -0.15) is 0 Å². The molecular weight excluding hydrogens is 431 g/mol. The number of carbonyl (C=O) groups excluding carboxylic acids is 1. The predicted octanol–water partition coefficient (Wildman–Crippen LogP) is 2.89. The summed E-state index contributed by atoms with van der Waals surface area (Å²) in [5, 5.41) is 2.95. The molecule has 1 aromatic carbocycles. The van der Waals surface area contributed by atoms with Crippen LogP contribution in [0.5, 0.6) is 5.75 Å². The summed E-state index contributed by atoms with van der Waals surface area (Å²) in [6.45, 7) is 3.31. The fourth-order valence-electron chi connectivity index (χ4n) is 2.75. The Labute approximate surface area is 168 Å². The SMILES string of the molecule is COc1ccc(F)c(-c2nc3ncc(Br)cc3c(=O)n2CC(=O)NC(C)C)c1. The monoisotopic (exact) mass is 448 g/mol. The van der Waals surface area contributed by atoms with Crippen molar-refractivity contribution in [2.45, 2.75) is 26.4 Å². The van der Waals surface area contributed by atoms with Crippen molar-refractivity contribution in [2.75, 3.05) is 7.11 Å². The molecular formula is C19H18BrFN4O3. The van der Waals surface area contributed by atoms with E-state index in [9.17, 15) is 14.0 Å². The number of hydrogen-bond acceptors (Lipinski definition) is 5. The number of aromatic nitrogens is 3. The van der Waals surface area contributed by atoms with Crippen LogP contribution >= 0.6 is 15.9 Å². The maximum absolute atomic E-state index is 14.6. The van der Waals surface area contributed by atoms with E-state index in [1.165, 1.54) is 31.5 Å². The van der Waals surface area contributed by atoms with E-state index in [0.717, 1.165) is 4.57 Å². The van der Waals surface area contributed by atoms with Crippen LogP contribution in [0.15, 0.2) is 39.7 Å². The highest BCUT2D eigenvalue weighted by molar-refractivity contribution is 9.10. The first-order valence-electron chi connectivity index (χ1n) is 8.49. The van der Waals surface area contributed by atoms with Gasteiger partial charge < -0.3 is 10.1 Å². The number of halogens is 2. The standard InChI is InChI=1S/C19H18BrFN4O3/c1-10(2)23-16(26)9-25-18(13-7-12(28-3)4-5-15(13)21)24-17-14(19(25)27)6-11(20)8-22-17/h4-8,10H,9H2,1-3H3,(H,23,26). The number of pyridine rings is 1. The lowest BCUT2D eigenvalue weighted by Gasteiger charge is -2.15. The Hall–Kier alpha value is -2.81. The molecule has 0 atom stereocenters. The van der Waals surface area contributed by atoms with Crippen LogP contribution in [0.2, 0.25) is 0 Å². The quantitative estimate of drug-likeness (QED) is 0.648. The molecule has 0 aliphatic rings. The minimum absolute atomic E-state index is 0.00243. The molecule has 0 saturated carbocycles. The van der Waals surface area contributed by atoms with E-state index < -0.39 is 11.4 Å². The topological polar surface area (TPSA) is 86.1 Å². The number of nitrogens with zero attached hydrogens (tertiary/aromatic N) is 3. The number of nitrogens with one attached hydrogen (secondary N) is 1. The summed E-state index contributed by atoms with van der Waals surface area (Å²) in [5.74, 6) is -0.580. The highest BCUT2D eigenvalue weighted by Gasteiger charge is 2.19. The molecule has 0 fully saturated rings. The molecule has 1 amide bonds. The van der Waals surface area contributed by atoms with Gasteiger partial charge in [0, 0.05) is 16.7 Å². The van der Waals surface area contributed by atoms with Gasteiger partial charge in [-0.3, -0.25) is 14.2 Å². The summed E-state index contributed by atoms with van der Waals surface area (Å²) >= 11 is 3.27. The Morgan fingerprint density at radius 1 is 1.36 bits per heavy atom. The molecule has 7 nitrogen and oxygen atoms in total. The van der Waals surface area contributed by atoms with Crippen molar-refractivity contribution in [3.05, 3.63) is 51.1 Å². The molecule has 0 radical (unpaired) electrons. The first kappa shape index (κ1) is 19.9. The molecule has 0 saturated heterocycles. The fraction of sp³-hybridized carbons (Fsp3) is 0.263. The number of hydrogen-bond donors (Lipinski definition) is 1. The van der Waals surface area contributed by atoms with Crippen LogP contribution in [0.25, 0.3) is 22.4 Å². The third kappa shape index (κ3) is 4.04. The fourth-order valence-corrected chi connectivity index (χ4v) is 3.08. The second-order valence-corrected chi connectivity index (χ2v) is 7.34. The highest BCUT2D eigenvalue weighted by Crippen LogP contribution is 2.26. The Morgan fingerprint density at radius 3 is 2.79 bits per heavy atom. The van der Waals surface area contributed by atoms with Gasteiger partial charge >= 0.3 is 0 Å². The summed E-state index contributed by atoms with van der Waals surface area (Å²) in [7, 11) is 1.45. The Bertz CT molecular complexity index is 1110. The Balaban J connectivity index is 2.28. The lowest BCUT2D eigenvalue weighted by atomic mass is 10.1. The van der Waals surface area contributed by atoms with Gasteiger partial charge in [-0.1, -0.05) is 0 Å². The average molecular weight is 449 g/mol. The van der Waals surface area contributed by atoms with Gasteiger partial charge in [-0.15, -0.1) is 0 Å². The number of carbonyl (C=O) groups is 1. The molecule has 2 aromatic heterocycles. The molecule has 146 valence electrons. The Kier molecular flexibility index (Phi) is 5.73. The molecule has 2 heterocycles. The van der Waals surface area contributed by atoms with E-state index in [1.807, 2.05) is 13.8 Å². The molecule has 28 heavy (non-hydrogen) atoms. The minimum atomic E-state index is -0.595. The maximum Gasteiger partial charge on any atom is 0.263 e. The molecule has 1 N–H and O–H groups in total. The molecule has 3 rings (SSSR count). The zero-order valence-corrected chi connectivity index (χ0v) is 17.1. The van der Waals surface area contributed by atoms with E-state index in [2.05, 4.69) is 31.2 Å². The summed E-state index contributed by atoms with van der Waals surface area (Å²) in [4.78, 5) is 33.9. The number of amides is 1. The molecule has 0 spiro atoms. The van der Waals surface area contributed by atoms with Crippen molar-refractivity contribution < 1.29 is 13.9 Å². The van der Waals surface area contributed by atoms with Gasteiger partial charge in [0.05, 0.1) is 18.1 Å². The molecule has 0 unspecified atom stereocenters. The van der Waals surface area contributed by atoms with Crippen LogP contribution in [0.1, 0.15) is 13.8 Å². The van der Waals surface area contributed by atoms with E-state index in [4.69, 9.17) is 4.74 Å². The van der Waals surface area contributed by atoms with Gasteiger partial charge in [-0.25, -0.2) is 14.4 Å². The van der Waals surface area contributed by atoms with Crippen LogP contribution in [-0.4, -0.2) is 33.6 Å². The third-order valence-electron chi connectivity index (χ3n) is 3.94. The zero-order chi connectivity index (χ0) is 20.4. The molecule has 3 aromatic rings. The zero-order valence-electron chi connectivity index (χ0n) is 15.5. The first-order chi connectivity index (χ1) is 13.3. The van der Waals surface area contributed by atoms with E-state index >= 15 is 0 Å². The number of rotatable bonds is 5. The van der Waals surface area contributed by atoms with Gasteiger partial charge in [0.25, 0.3) is 5.56 Å². The predicted molar refractivity (Wildman–Crippen MR) is 107 cm³/mol. The highest BCUT2D eigenvalue weighted by atomic mass is 79.9. The molecule has 0 bridgehead atoms. The van der Waals surface area contributed by atoms with Crippen molar-refractivity contribution in [1.82, 2.24) is 19.9 Å². The van der Waals surface area contributed by atoms with Crippen LogP contribution < -0.4 is 15.6 Å². The second-order valence-electron chi connectivity index (χ2n) is 6.42. The maximum atomic E-state index is 14.6. The van der Waals surface area contributed by atoms with Crippen molar-refractivity contribution in [3.63, 3.8) is 0 Å². The number of benzene rings is 1. The first-order valence-corrected chi connectivity index (χ1v) is 9.29. The molecule has 0 aliphatic heterocycles. The van der Waals surface area contributed by atoms with Crippen LogP contribution in [0, 0.1) is 5.82 Å². The van der Waals surface area contributed by atoms with Crippen molar-refractivity contribution in [1.29, 1.82) is 0 Å². The normalized spacial score (nSPS) is 11.1. The minimum Gasteiger partial charge on any atom is -0.497 e. The summed E-state index contributed by atoms with van der Waals surface area (Å²) in [6.07, 6.45) is 1.50. The van der Waals surface area contributed by atoms with Crippen LogP contribution in [0.3, 0.4) is 0 Å². The number of methoxy groups -OCH3 is 1. The van der Waals surface area contributed by atoms with E-state index in [1.54, 1.807) is 6.07 Å². The summed E-state index contributed by atoms with van der Waals surface area (Å²) in [5.41, 5.74) is -0.290. The van der Waals surface area contributed by atoms with Crippen molar-refractivity contribution in [2.24, 2.45) is 0 Å². The van der Waals surface area contributed by atoms with Crippen LogP contribution in [0.4, 0.5) is 4.39 Å². The number of fused-ring (bicyclic) bond motifs is 1. The van der Waals surface area contributed by atoms with Crippen molar-refractivity contribution >= 4 is 32.9 Å².